The maximum atomic E-state index is 13.5. The highest BCUT2D eigenvalue weighted by atomic mass is 16.5. The van der Waals surface area contributed by atoms with E-state index in [0.29, 0.717) is 17.1 Å². The van der Waals surface area contributed by atoms with Gasteiger partial charge in [-0.25, -0.2) is 10.4 Å². The molecule has 0 radical (unpaired) electrons. The number of aliphatic hydroxyl groups is 1. The second kappa shape index (κ2) is 8.00. The lowest BCUT2D eigenvalue weighted by molar-refractivity contribution is -0.126. The van der Waals surface area contributed by atoms with Crippen molar-refractivity contribution in [2.75, 3.05) is 20.2 Å². The Balaban J connectivity index is 1.56. The fourth-order valence-electron chi connectivity index (χ4n) is 4.54. The normalized spacial score (nSPS) is 21.3. The highest BCUT2D eigenvalue weighted by Crippen LogP contribution is 2.39. The number of rotatable bonds is 4. The van der Waals surface area contributed by atoms with Crippen LogP contribution < -0.4 is 15.5 Å². The molecule has 0 aliphatic carbocycles. The fraction of sp³-hybridized carbons (Fsp3) is 0.292. The number of methoxy groups -OCH3 is 1. The lowest BCUT2D eigenvalue weighted by Crippen LogP contribution is -2.46. The maximum Gasteiger partial charge on any atom is 0.280 e. The molecule has 1 amide bonds. The predicted molar refractivity (Wildman–Crippen MR) is 117 cm³/mol. The summed E-state index contributed by atoms with van der Waals surface area (Å²) in [6.07, 6.45) is 3.45. The van der Waals surface area contributed by atoms with Crippen LogP contribution in [0.5, 0.6) is 5.75 Å². The number of carbonyl (C=O) groups excluding carboxylic acids is 1. The van der Waals surface area contributed by atoms with E-state index >= 15 is 0 Å². The zero-order valence-corrected chi connectivity index (χ0v) is 17.5. The maximum absolute atomic E-state index is 13.5. The van der Waals surface area contributed by atoms with Gasteiger partial charge in [-0.15, -0.1) is 0 Å². The molecule has 0 saturated carbocycles. The standard InChI is InChI=1S/C24H26N4O3/c1-31-18-12-10-16(11-13-18)19-23(29)25-22-21(27-14-6-3-7-15-27)20(26-28(22)24(19)30)17-8-4-2-5-9-17/h2,4-5,8-13,20,25-26,29H,3,6-7,14-15H2,1H3. The van der Waals surface area contributed by atoms with E-state index in [1.807, 2.05) is 18.2 Å². The number of likely N-dealkylation sites (tertiary alicyclic amines) is 1. The topological polar surface area (TPSA) is 77.1 Å². The van der Waals surface area contributed by atoms with E-state index in [-0.39, 0.29) is 23.4 Å². The third kappa shape index (κ3) is 3.41. The minimum Gasteiger partial charge on any atom is -0.497 e. The van der Waals surface area contributed by atoms with Gasteiger partial charge in [0, 0.05) is 13.1 Å². The summed E-state index contributed by atoms with van der Waals surface area (Å²) in [5.74, 6) is 0.878. The van der Waals surface area contributed by atoms with Crippen molar-refractivity contribution in [2.45, 2.75) is 25.3 Å². The summed E-state index contributed by atoms with van der Waals surface area (Å²) in [5.41, 5.74) is 6.31. The lowest BCUT2D eigenvalue weighted by Gasteiger charge is -2.33. The van der Waals surface area contributed by atoms with Crippen LogP contribution in [-0.2, 0) is 4.79 Å². The molecule has 0 aromatic heterocycles. The van der Waals surface area contributed by atoms with E-state index in [2.05, 4.69) is 27.8 Å². The molecule has 1 atom stereocenters. The Bertz CT molecular complexity index is 1040. The van der Waals surface area contributed by atoms with E-state index in [4.69, 9.17) is 4.74 Å². The first-order valence-electron chi connectivity index (χ1n) is 10.7. The number of hydrogen-bond donors (Lipinski definition) is 3. The first kappa shape index (κ1) is 19.5. The summed E-state index contributed by atoms with van der Waals surface area (Å²) in [6.45, 7) is 1.87. The van der Waals surface area contributed by atoms with Crippen LogP contribution >= 0.6 is 0 Å². The quantitative estimate of drug-likeness (QED) is 0.708. The van der Waals surface area contributed by atoms with Crippen molar-refractivity contribution in [3.05, 3.63) is 83.1 Å². The Kier molecular flexibility index (Phi) is 5.03. The minimum absolute atomic E-state index is 0.133. The molecule has 3 aliphatic rings. The van der Waals surface area contributed by atoms with Gasteiger partial charge in [0.25, 0.3) is 5.91 Å². The lowest BCUT2D eigenvalue weighted by atomic mass is 10.0. The molecule has 1 saturated heterocycles. The number of aliphatic hydroxyl groups excluding tert-OH is 1. The van der Waals surface area contributed by atoms with Crippen molar-refractivity contribution in [1.29, 1.82) is 0 Å². The molecule has 31 heavy (non-hydrogen) atoms. The van der Waals surface area contributed by atoms with E-state index in [1.165, 1.54) is 6.42 Å². The first-order chi connectivity index (χ1) is 15.2. The zero-order valence-electron chi connectivity index (χ0n) is 17.5. The molecule has 3 heterocycles. The number of benzene rings is 2. The molecule has 160 valence electrons. The molecule has 2 aromatic carbocycles. The number of fused-ring (bicyclic) bond motifs is 1. The molecule has 3 N–H and O–H groups in total. The van der Waals surface area contributed by atoms with Gasteiger partial charge in [0.2, 0.25) is 5.88 Å². The van der Waals surface area contributed by atoms with Gasteiger partial charge in [0.15, 0.2) is 5.82 Å². The molecule has 0 bridgehead atoms. The van der Waals surface area contributed by atoms with Crippen molar-refractivity contribution in [3.8, 4) is 5.75 Å². The van der Waals surface area contributed by atoms with E-state index in [9.17, 15) is 9.90 Å². The van der Waals surface area contributed by atoms with Gasteiger partial charge in [-0.05, 0) is 42.5 Å². The zero-order chi connectivity index (χ0) is 21.4. The molecular formula is C24H26N4O3. The molecule has 1 unspecified atom stereocenters. The van der Waals surface area contributed by atoms with E-state index < -0.39 is 0 Å². The van der Waals surface area contributed by atoms with Crippen molar-refractivity contribution in [3.63, 3.8) is 0 Å². The number of amides is 1. The van der Waals surface area contributed by atoms with Crippen LogP contribution in [0.3, 0.4) is 0 Å². The van der Waals surface area contributed by atoms with Crippen LogP contribution in [0.4, 0.5) is 0 Å². The van der Waals surface area contributed by atoms with Gasteiger partial charge >= 0.3 is 0 Å². The summed E-state index contributed by atoms with van der Waals surface area (Å²) in [5, 5.41) is 15.5. The van der Waals surface area contributed by atoms with Crippen molar-refractivity contribution in [1.82, 2.24) is 20.7 Å². The summed E-state index contributed by atoms with van der Waals surface area (Å²) in [4.78, 5) is 15.8. The molecule has 7 nitrogen and oxygen atoms in total. The Hall–Kier alpha value is -3.45. The largest absolute Gasteiger partial charge is 0.497 e. The third-order valence-electron chi connectivity index (χ3n) is 6.10. The molecule has 1 fully saturated rings. The van der Waals surface area contributed by atoms with Crippen molar-refractivity contribution < 1.29 is 14.6 Å². The minimum atomic E-state index is -0.288. The summed E-state index contributed by atoms with van der Waals surface area (Å²) < 4.78 is 5.21. The molecular weight excluding hydrogens is 392 g/mol. The van der Waals surface area contributed by atoms with Gasteiger partial charge < -0.3 is 20.1 Å². The average molecular weight is 418 g/mol. The summed E-state index contributed by atoms with van der Waals surface area (Å²) >= 11 is 0. The number of carbonyl (C=O) groups is 1. The SMILES string of the molecule is COc1ccc(C2=C(O)NC3=C(N4CCCCC4)C(c4ccccc4)NN3C2=O)cc1. The smallest absolute Gasteiger partial charge is 0.280 e. The van der Waals surface area contributed by atoms with Crippen LogP contribution in [0.1, 0.15) is 36.4 Å². The highest BCUT2D eigenvalue weighted by Gasteiger charge is 2.43. The van der Waals surface area contributed by atoms with Crippen LogP contribution in [0.2, 0.25) is 0 Å². The van der Waals surface area contributed by atoms with Crippen LogP contribution in [-0.4, -0.2) is 41.1 Å². The summed E-state index contributed by atoms with van der Waals surface area (Å²) in [6, 6.07) is 17.0. The van der Waals surface area contributed by atoms with Crippen LogP contribution in [0.15, 0.2) is 72.0 Å². The summed E-state index contributed by atoms with van der Waals surface area (Å²) in [7, 11) is 1.59. The number of ether oxygens (including phenoxy) is 1. The Labute approximate surface area is 181 Å². The van der Waals surface area contributed by atoms with Crippen LogP contribution in [0.25, 0.3) is 5.57 Å². The Morgan fingerprint density at radius 3 is 2.39 bits per heavy atom. The number of nitrogens with one attached hydrogen (secondary N) is 2. The van der Waals surface area contributed by atoms with Crippen LogP contribution in [0, 0.1) is 0 Å². The molecule has 3 aliphatic heterocycles. The van der Waals surface area contributed by atoms with Gasteiger partial charge in [-0.3, -0.25) is 4.79 Å². The number of hydrazine groups is 1. The van der Waals surface area contributed by atoms with Gasteiger partial charge in [-0.2, -0.15) is 0 Å². The highest BCUT2D eigenvalue weighted by molar-refractivity contribution is 6.21. The number of nitrogens with zero attached hydrogens (tertiary/aromatic N) is 2. The molecule has 5 rings (SSSR count). The van der Waals surface area contributed by atoms with E-state index in [0.717, 1.165) is 37.2 Å². The van der Waals surface area contributed by atoms with Crippen molar-refractivity contribution in [2.24, 2.45) is 0 Å². The Morgan fingerprint density at radius 2 is 1.71 bits per heavy atom. The molecule has 7 heteroatoms. The van der Waals surface area contributed by atoms with Gasteiger partial charge in [0.05, 0.1) is 18.8 Å². The van der Waals surface area contributed by atoms with Gasteiger partial charge in [0.1, 0.15) is 11.3 Å². The molecule has 2 aromatic rings. The fourth-order valence-corrected chi connectivity index (χ4v) is 4.54. The number of hydrogen-bond acceptors (Lipinski definition) is 6. The monoisotopic (exact) mass is 418 g/mol. The van der Waals surface area contributed by atoms with Crippen molar-refractivity contribution >= 4 is 11.5 Å². The first-order valence-corrected chi connectivity index (χ1v) is 10.7. The molecule has 0 spiro atoms. The second-order valence-electron chi connectivity index (χ2n) is 7.97. The third-order valence-corrected chi connectivity index (χ3v) is 6.10. The Morgan fingerprint density at radius 1 is 1.00 bits per heavy atom. The average Bonchev–Trinajstić information content (AvgIpc) is 3.20. The van der Waals surface area contributed by atoms with Gasteiger partial charge in [-0.1, -0.05) is 42.5 Å². The number of piperidine rings is 1. The van der Waals surface area contributed by atoms with E-state index in [1.54, 1.807) is 36.4 Å². The predicted octanol–water partition coefficient (Wildman–Crippen LogP) is 3.27. The second-order valence-corrected chi connectivity index (χ2v) is 7.97.